The van der Waals surface area contributed by atoms with E-state index in [9.17, 15) is 19.3 Å². The molecule has 2 aromatic carbocycles. The standard InChI is InChI=1S/C21H26FN5O3/c1-3-25-9-11-26(12-10-25)20-8-7-16(22)13-19(20)15(2)23-21(28)24-17-5-4-6-18(14-17)27(29)30/h4-8,13-15H,3,9-12H2,1-2H3,(H2,23,24,28). The van der Waals surface area contributed by atoms with Crippen LogP contribution in [0.3, 0.4) is 0 Å². The fourth-order valence-corrected chi connectivity index (χ4v) is 3.60. The van der Waals surface area contributed by atoms with E-state index < -0.39 is 17.0 Å². The van der Waals surface area contributed by atoms with Crippen molar-refractivity contribution in [1.82, 2.24) is 10.2 Å². The van der Waals surface area contributed by atoms with E-state index in [4.69, 9.17) is 0 Å². The Labute approximate surface area is 174 Å². The van der Waals surface area contributed by atoms with Gasteiger partial charge in [-0.25, -0.2) is 9.18 Å². The van der Waals surface area contributed by atoms with Crippen molar-refractivity contribution >= 4 is 23.1 Å². The highest BCUT2D eigenvalue weighted by Crippen LogP contribution is 2.28. The average molecular weight is 415 g/mol. The van der Waals surface area contributed by atoms with Crippen molar-refractivity contribution in [2.24, 2.45) is 0 Å². The Bertz CT molecular complexity index is 915. The Hall–Kier alpha value is -3.20. The van der Waals surface area contributed by atoms with Crippen LogP contribution in [0, 0.1) is 15.9 Å². The van der Waals surface area contributed by atoms with Crippen LogP contribution in [-0.4, -0.2) is 48.6 Å². The van der Waals surface area contributed by atoms with Crippen LogP contribution in [0.15, 0.2) is 42.5 Å². The first kappa shape index (κ1) is 21.5. The summed E-state index contributed by atoms with van der Waals surface area (Å²) < 4.78 is 14.0. The van der Waals surface area contributed by atoms with E-state index in [1.807, 2.05) is 0 Å². The first-order chi connectivity index (χ1) is 14.4. The zero-order valence-corrected chi connectivity index (χ0v) is 17.1. The molecule has 1 aliphatic rings. The number of hydrogen-bond donors (Lipinski definition) is 2. The number of benzene rings is 2. The molecule has 1 unspecified atom stereocenters. The lowest BCUT2D eigenvalue weighted by Crippen LogP contribution is -2.46. The number of nitro benzene ring substituents is 1. The Morgan fingerprint density at radius 3 is 2.60 bits per heavy atom. The third kappa shape index (κ3) is 5.24. The number of nitrogens with one attached hydrogen (secondary N) is 2. The molecule has 1 aliphatic heterocycles. The largest absolute Gasteiger partial charge is 0.369 e. The Morgan fingerprint density at radius 2 is 1.93 bits per heavy atom. The van der Waals surface area contributed by atoms with Gasteiger partial charge in [0.1, 0.15) is 5.82 Å². The molecular weight excluding hydrogens is 389 g/mol. The van der Waals surface area contributed by atoms with E-state index >= 15 is 0 Å². The number of nitro groups is 1. The fraction of sp³-hybridized carbons (Fsp3) is 0.381. The highest BCUT2D eigenvalue weighted by atomic mass is 19.1. The van der Waals surface area contributed by atoms with Crippen molar-refractivity contribution in [1.29, 1.82) is 0 Å². The number of hydrogen-bond acceptors (Lipinski definition) is 5. The van der Waals surface area contributed by atoms with Crippen molar-refractivity contribution < 1.29 is 14.1 Å². The van der Waals surface area contributed by atoms with Gasteiger partial charge in [0.25, 0.3) is 5.69 Å². The van der Waals surface area contributed by atoms with Crippen LogP contribution in [0.2, 0.25) is 0 Å². The van der Waals surface area contributed by atoms with Gasteiger partial charge in [-0.05, 0) is 37.7 Å². The summed E-state index contributed by atoms with van der Waals surface area (Å²) in [7, 11) is 0. The summed E-state index contributed by atoms with van der Waals surface area (Å²) in [6, 6.07) is 9.35. The molecule has 30 heavy (non-hydrogen) atoms. The van der Waals surface area contributed by atoms with Crippen LogP contribution in [0.1, 0.15) is 25.5 Å². The molecule has 160 valence electrons. The maximum absolute atomic E-state index is 14.0. The van der Waals surface area contributed by atoms with Gasteiger partial charge in [-0.15, -0.1) is 0 Å². The normalized spacial score (nSPS) is 15.5. The molecule has 1 atom stereocenters. The lowest BCUT2D eigenvalue weighted by Gasteiger charge is -2.37. The predicted molar refractivity (Wildman–Crippen MR) is 114 cm³/mol. The molecule has 1 fully saturated rings. The van der Waals surface area contributed by atoms with E-state index in [2.05, 4.69) is 27.4 Å². The van der Waals surface area contributed by atoms with Crippen molar-refractivity contribution in [3.63, 3.8) is 0 Å². The van der Waals surface area contributed by atoms with E-state index in [-0.39, 0.29) is 11.5 Å². The number of halogens is 1. The molecule has 8 nitrogen and oxygen atoms in total. The molecule has 2 N–H and O–H groups in total. The number of carbonyl (C=O) groups is 1. The summed E-state index contributed by atoms with van der Waals surface area (Å²) in [6.07, 6.45) is 0. The van der Waals surface area contributed by atoms with Crippen molar-refractivity contribution in [2.45, 2.75) is 19.9 Å². The minimum atomic E-state index is -0.525. The summed E-state index contributed by atoms with van der Waals surface area (Å²) in [5.74, 6) is -0.367. The van der Waals surface area contributed by atoms with Gasteiger partial charge in [0.15, 0.2) is 0 Å². The van der Waals surface area contributed by atoms with Gasteiger partial charge in [0, 0.05) is 55.2 Å². The molecule has 9 heteroatoms. The van der Waals surface area contributed by atoms with E-state index in [1.165, 1.54) is 30.3 Å². The molecule has 0 saturated carbocycles. The number of piperazine rings is 1. The number of likely N-dealkylation sites (N-methyl/N-ethyl adjacent to an activating group) is 1. The molecule has 2 aromatic rings. The summed E-state index contributed by atoms with van der Waals surface area (Å²) in [4.78, 5) is 27.4. The van der Waals surface area contributed by atoms with Crippen LogP contribution in [0.25, 0.3) is 0 Å². The molecule has 0 aliphatic carbocycles. The topological polar surface area (TPSA) is 90.8 Å². The van der Waals surface area contributed by atoms with Crippen molar-refractivity contribution in [2.75, 3.05) is 42.9 Å². The number of rotatable bonds is 6. The monoisotopic (exact) mass is 415 g/mol. The predicted octanol–water partition coefficient (Wildman–Crippen LogP) is 3.76. The maximum Gasteiger partial charge on any atom is 0.319 e. The first-order valence-corrected chi connectivity index (χ1v) is 9.96. The third-order valence-electron chi connectivity index (χ3n) is 5.28. The van der Waals surface area contributed by atoms with Crippen LogP contribution >= 0.6 is 0 Å². The Balaban J connectivity index is 1.71. The first-order valence-electron chi connectivity index (χ1n) is 9.96. The van der Waals surface area contributed by atoms with Gasteiger partial charge in [-0.1, -0.05) is 13.0 Å². The summed E-state index contributed by atoms with van der Waals surface area (Å²) in [5, 5.41) is 16.3. The molecule has 2 amide bonds. The van der Waals surface area contributed by atoms with Crippen LogP contribution in [-0.2, 0) is 0 Å². The number of nitrogens with zero attached hydrogens (tertiary/aromatic N) is 3. The molecule has 0 spiro atoms. The Morgan fingerprint density at radius 1 is 1.20 bits per heavy atom. The second-order valence-electron chi connectivity index (χ2n) is 7.25. The van der Waals surface area contributed by atoms with Crippen LogP contribution < -0.4 is 15.5 Å². The molecule has 1 saturated heterocycles. The molecule has 0 aromatic heterocycles. The second-order valence-corrected chi connectivity index (χ2v) is 7.25. The Kier molecular flexibility index (Phi) is 6.83. The molecule has 0 radical (unpaired) electrons. The number of carbonyl (C=O) groups excluding carboxylic acids is 1. The molecular formula is C21H26FN5O3. The van der Waals surface area contributed by atoms with Crippen molar-refractivity contribution in [3.8, 4) is 0 Å². The molecule has 3 rings (SSSR count). The van der Waals surface area contributed by atoms with E-state index in [0.29, 0.717) is 11.3 Å². The lowest BCUT2D eigenvalue weighted by molar-refractivity contribution is -0.384. The van der Waals surface area contributed by atoms with Crippen molar-refractivity contribution in [3.05, 3.63) is 64.0 Å². The number of non-ortho nitro benzene ring substituents is 1. The lowest BCUT2D eigenvalue weighted by atomic mass is 10.0. The quantitative estimate of drug-likeness (QED) is 0.554. The third-order valence-corrected chi connectivity index (χ3v) is 5.28. The van der Waals surface area contributed by atoms with E-state index in [1.54, 1.807) is 19.1 Å². The molecule has 1 heterocycles. The van der Waals surface area contributed by atoms with Gasteiger partial charge < -0.3 is 20.4 Å². The van der Waals surface area contributed by atoms with Gasteiger partial charge in [-0.3, -0.25) is 10.1 Å². The van der Waals surface area contributed by atoms with Gasteiger partial charge >= 0.3 is 6.03 Å². The van der Waals surface area contributed by atoms with Crippen LogP contribution in [0.5, 0.6) is 0 Å². The van der Waals surface area contributed by atoms with Gasteiger partial charge in [0.05, 0.1) is 11.0 Å². The second kappa shape index (κ2) is 9.53. The minimum Gasteiger partial charge on any atom is -0.369 e. The number of amides is 2. The number of urea groups is 1. The van der Waals surface area contributed by atoms with Crippen LogP contribution in [0.4, 0.5) is 26.2 Å². The number of anilines is 2. The summed E-state index contributed by atoms with van der Waals surface area (Å²) in [6.45, 7) is 8.45. The minimum absolute atomic E-state index is 0.112. The van der Waals surface area contributed by atoms with Gasteiger partial charge in [-0.2, -0.15) is 0 Å². The van der Waals surface area contributed by atoms with E-state index in [0.717, 1.165) is 38.4 Å². The summed E-state index contributed by atoms with van der Waals surface area (Å²) in [5.41, 5.74) is 1.79. The van der Waals surface area contributed by atoms with Gasteiger partial charge in [0.2, 0.25) is 0 Å². The molecule has 0 bridgehead atoms. The fourth-order valence-electron chi connectivity index (χ4n) is 3.60. The summed E-state index contributed by atoms with van der Waals surface area (Å²) >= 11 is 0. The SMILES string of the molecule is CCN1CCN(c2ccc(F)cc2C(C)NC(=O)Nc2cccc([N+](=O)[O-])c2)CC1. The smallest absolute Gasteiger partial charge is 0.319 e. The average Bonchev–Trinajstić information content (AvgIpc) is 2.73. The maximum atomic E-state index is 14.0. The highest BCUT2D eigenvalue weighted by Gasteiger charge is 2.22. The highest BCUT2D eigenvalue weighted by molar-refractivity contribution is 5.90. The zero-order valence-electron chi connectivity index (χ0n) is 17.1. The zero-order chi connectivity index (χ0) is 21.7.